The van der Waals surface area contributed by atoms with Crippen LogP contribution < -0.4 is 10.5 Å². The summed E-state index contributed by atoms with van der Waals surface area (Å²) in [4.78, 5) is 15.0. The normalized spacial score (nSPS) is 10.5. The van der Waals surface area contributed by atoms with Crippen molar-refractivity contribution in [3.05, 3.63) is 17.7 Å². The minimum atomic E-state index is -0.328. The predicted molar refractivity (Wildman–Crippen MR) is 60.1 cm³/mol. The molecule has 0 fully saturated rings. The molecule has 78 valence electrons. The van der Waals surface area contributed by atoms with E-state index in [1.165, 1.54) is 18.3 Å². The van der Waals surface area contributed by atoms with Gasteiger partial charge in [0.25, 0.3) is 0 Å². The topological polar surface area (TPSA) is 65.2 Å². The smallest absolute Gasteiger partial charge is 0.308 e. The van der Waals surface area contributed by atoms with Crippen molar-refractivity contribution in [3.63, 3.8) is 0 Å². The number of nitrogen functional groups attached to an aromatic ring is 1. The van der Waals surface area contributed by atoms with E-state index in [1.807, 2.05) is 6.92 Å². The summed E-state index contributed by atoms with van der Waals surface area (Å²) < 4.78 is 5.95. The SMILES string of the molecule is CC(=O)Oc1cc(C)c2nc(N)sc2c1. The molecule has 1 heterocycles. The summed E-state index contributed by atoms with van der Waals surface area (Å²) in [6.45, 7) is 3.29. The molecule has 15 heavy (non-hydrogen) atoms. The molecule has 2 N–H and O–H groups in total. The van der Waals surface area contributed by atoms with Gasteiger partial charge in [0.05, 0.1) is 10.2 Å². The van der Waals surface area contributed by atoms with Gasteiger partial charge in [-0.3, -0.25) is 4.79 Å². The van der Waals surface area contributed by atoms with Gasteiger partial charge in [0.15, 0.2) is 5.13 Å². The molecule has 2 aromatic rings. The Kier molecular flexibility index (Phi) is 2.32. The van der Waals surface area contributed by atoms with Crippen molar-refractivity contribution in [1.82, 2.24) is 4.98 Å². The standard InChI is InChI=1S/C10H10N2O2S/c1-5-3-7(14-6(2)13)4-8-9(5)12-10(11)15-8/h3-4H,1-2H3,(H2,11,12). The number of rotatable bonds is 1. The highest BCUT2D eigenvalue weighted by atomic mass is 32.1. The van der Waals surface area contributed by atoms with Crippen molar-refractivity contribution in [2.45, 2.75) is 13.8 Å². The maximum atomic E-state index is 10.8. The molecule has 4 nitrogen and oxygen atoms in total. The number of fused-ring (bicyclic) bond motifs is 1. The van der Waals surface area contributed by atoms with Crippen LogP contribution in [0.25, 0.3) is 10.2 Å². The molecule has 0 aliphatic carbocycles. The molecule has 0 amide bonds. The number of benzene rings is 1. The lowest BCUT2D eigenvalue weighted by molar-refractivity contribution is -0.131. The van der Waals surface area contributed by atoms with Crippen molar-refractivity contribution in [1.29, 1.82) is 0 Å². The van der Waals surface area contributed by atoms with E-state index in [0.717, 1.165) is 15.8 Å². The monoisotopic (exact) mass is 222 g/mol. The molecule has 5 heteroatoms. The molecule has 1 aromatic heterocycles. The molecular weight excluding hydrogens is 212 g/mol. The molecule has 0 radical (unpaired) electrons. The van der Waals surface area contributed by atoms with E-state index in [2.05, 4.69) is 4.98 Å². The van der Waals surface area contributed by atoms with Crippen LogP contribution in [0.3, 0.4) is 0 Å². The molecule has 0 saturated heterocycles. The third-order valence-electron chi connectivity index (χ3n) is 1.94. The highest BCUT2D eigenvalue weighted by molar-refractivity contribution is 7.22. The van der Waals surface area contributed by atoms with Crippen molar-refractivity contribution in [2.24, 2.45) is 0 Å². The lowest BCUT2D eigenvalue weighted by Gasteiger charge is -2.02. The summed E-state index contributed by atoms with van der Waals surface area (Å²) in [7, 11) is 0. The minimum Gasteiger partial charge on any atom is -0.427 e. The minimum absolute atomic E-state index is 0.328. The van der Waals surface area contributed by atoms with Crippen molar-refractivity contribution >= 4 is 32.7 Å². The largest absolute Gasteiger partial charge is 0.427 e. The Balaban J connectivity index is 2.56. The number of esters is 1. The van der Waals surface area contributed by atoms with Crippen LogP contribution in [0.5, 0.6) is 5.75 Å². The zero-order valence-electron chi connectivity index (χ0n) is 8.40. The Hall–Kier alpha value is -1.62. The van der Waals surface area contributed by atoms with E-state index in [9.17, 15) is 4.79 Å². The second kappa shape index (κ2) is 3.51. The number of carbonyl (C=O) groups excluding carboxylic acids is 1. The number of nitrogens with zero attached hydrogens (tertiary/aromatic N) is 1. The fourth-order valence-corrected chi connectivity index (χ4v) is 2.25. The number of aromatic nitrogens is 1. The van der Waals surface area contributed by atoms with E-state index in [4.69, 9.17) is 10.5 Å². The molecule has 0 aliphatic rings. The first-order valence-electron chi connectivity index (χ1n) is 4.41. The van der Waals surface area contributed by atoms with E-state index in [-0.39, 0.29) is 5.97 Å². The predicted octanol–water partition coefficient (Wildman–Crippen LogP) is 2.11. The first-order valence-corrected chi connectivity index (χ1v) is 5.23. The Bertz CT molecular complexity index is 533. The first kappa shape index (κ1) is 9.92. The number of ether oxygens (including phenoxy) is 1. The zero-order valence-corrected chi connectivity index (χ0v) is 9.22. The third-order valence-corrected chi connectivity index (χ3v) is 2.77. The maximum Gasteiger partial charge on any atom is 0.308 e. The number of thiazole rings is 1. The number of nitrogens with two attached hydrogens (primary N) is 1. The lowest BCUT2D eigenvalue weighted by Crippen LogP contribution is -2.01. The molecule has 0 saturated carbocycles. The van der Waals surface area contributed by atoms with Gasteiger partial charge in [0, 0.05) is 13.0 Å². The van der Waals surface area contributed by atoms with Crippen LogP contribution >= 0.6 is 11.3 Å². The van der Waals surface area contributed by atoms with E-state index in [0.29, 0.717) is 10.9 Å². The van der Waals surface area contributed by atoms with Gasteiger partial charge in [0.2, 0.25) is 0 Å². The zero-order chi connectivity index (χ0) is 11.0. The van der Waals surface area contributed by atoms with Gasteiger partial charge in [0.1, 0.15) is 5.75 Å². The summed E-state index contributed by atoms with van der Waals surface area (Å²) >= 11 is 1.38. The Morgan fingerprint density at radius 3 is 2.93 bits per heavy atom. The molecule has 0 aliphatic heterocycles. The molecular formula is C10H10N2O2S. The van der Waals surface area contributed by atoms with E-state index < -0.39 is 0 Å². The summed E-state index contributed by atoms with van der Waals surface area (Å²) in [5.74, 6) is 0.211. The van der Waals surface area contributed by atoms with Crippen LogP contribution in [-0.4, -0.2) is 11.0 Å². The molecule has 0 spiro atoms. The highest BCUT2D eigenvalue weighted by Crippen LogP contribution is 2.30. The molecule has 0 bridgehead atoms. The summed E-state index contributed by atoms with van der Waals surface area (Å²) in [6, 6.07) is 3.56. The third kappa shape index (κ3) is 1.92. The van der Waals surface area contributed by atoms with Crippen LogP contribution in [-0.2, 0) is 4.79 Å². The van der Waals surface area contributed by atoms with Gasteiger partial charge < -0.3 is 10.5 Å². The average Bonchev–Trinajstić information content (AvgIpc) is 2.44. The maximum absolute atomic E-state index is 10.8. The number of hydrogen-bond acceptors (Lipinski definition) is 5. The van der Waals surface area contributed by atoms with Crippen LogP contribution in [0.1, 0.15) is 12.5 Å². The van der Waals surface area contributed by atoms with E-state index >= 15 is 0 Å². The fourth-order valence-electron chi connectivity index (χ4n) is 1.41. The van der Waals surface area contributed by atoms with Gasteiger partial charge in [-0.25, -0.2) is 4.98 Å². The van der Waals surface area contributed by atoms with Crippen LogP contribution in [0.2, 0.25) is 0 Å². The number of anilines is 1. The summed E-state index contributed by atoms with van der Waals surface area (Å²) in [6.07, 6.45) is 0. The van der Waals surface area contributed by atoms with Gasteiger partial charge >= 0.3 is 5.97 Å². The highest BCUT2D eigenvalue weighted by Gasteiger charge is 2.07. The van der Waals surface area contributed by atoms with Gasteiger partial charge in [-0.05, 0) is 18.6 Å². The first-order chi connectivity index (χ1) is 7.06. The van der Waals surface area contributed by atoms with Crippen LogP contribution in [0, 0.1) is 6.92 Å². The number of hydrogen-bond donors (Lipinski definition) is 1. The Morgan fingerprint density at radius 1 is 1.53 bits per heavy atom. The summed E-state index contributed by atoms with van der Waals surface area (Å²) in [5.41, 5.74) is 7.43. The second-order valence-corrected chi connectivity index (χ2v) is 4.29. The Labute approximate surface area is 90.7 Å². The van der Waals surface area contributed by atoms with Crippen LogP contribution in [0.15, 0.2) is 12.1 Å². The fraction of sp³-hybridized carbons (Fsp3) is 0.200. The van der Waals surface area contributed by atoms with Gasteiger partial charge in [-0.1, -0.05) is 11.3 Å². The van der Waals surface area contributed by atoms with Gasteiger partial charge in [-0.15, -0.1) is 0 Å². The quantitative estimate of drug-likeness (QED) is 0.593. The van der Waals surface area contributed by atoms with Crippen molar-refractivity contribution in [3.8, 4) is 5.75 Å². The van der Waals surface area contributed by atoms with Crippen molar-refractivity contribution < 1.29 is 9.53 Å². The molecule has 1 aromatic carbocycles. The molecule has 2 rings (SSSR count). The van der Waals surface area contributed by atoms with E-state index in [1.54, 1.807) is 12.1 Å². The van der Waals surface area contributed by atoms with Crippen molar-refractivity contribution in [2.75, 3.05) is 5.73 Å². The van der Waals surface area contributed by atoms with Gasteiger partial charge in [-0.2, -0.15) is 0 Å². The lowest BCUT2D eigenvalue weighted by atomic mass is 10.2. The number of aryl methyl sites for hydroxylation is 1. The number of carbonyl (C=O) groups is 1. The molecule has 0 atom stereocenters. The summed E-state index contributed by atoms with van der Waals surface area (Å²) in [5, 5.41) is 0.521. The average molecular weight is 222 g/mol. The second-order valence-electron chi connectivity index (χ2n) is 3.23. The molecule has 0 unspecified atom stereocenters. The Morgan fingerprint density at radius 2 is 2.27 bits per heavy atom. The van der Waals surface area contributed by atoms with Crippen LogP contribution in [0.4, 0.5) is 5.13 Å².